The van der Waals surface area contributed by atoms with Crippen LogP contribution in [0.5, 0.6) is 0 Å². The lowest BCUT2D eigenvalue weighted by atomic mass is 10.1. The molecule has 17 heavy (non-hydrogen) atoms. The number of esters is 1. The first kappa shape index (κ1) is 12.6. The molecule has 1 aliphatic heterocycles. The fraction of sp³-hybridized carbons (Fsp3) is 0.455. The van der Waals surface area contributed by atoms with Gasteiger partial charge in [0.2, 0.25) is 0 Å². The van der Waals surface area contributed by atoms with E-state index in [0.29, 0.717) is 26.1 Å². The molecule has 0 bridgehead atoms. The summed E-state index contributed by atoms with van der Waals surface area (Å²) in [6, 6.07) is 3.02. The van der Waals surface area contributed by atoms with Gasteiger partial charge in [0.25, 0.3) is 0 Å². The molecule has 4 nitrogen and oxygen atoms in total. The quantitative estimate of drug-likeness (QED) is 0.615. The molecule has 6 heteroatoms. The Morgan fingerprint density at radius 1 is 1.35 bits per heavy atom. The Kier molecular flexibility index (Phi) is 4.20. The normalized spacial score (nSPS) is 16.8. The molecule has 0 N–H and O–H groups in total. The van der Waals surface area contributed by atoms with Gasteiger partial charge >= 0.3 is 5.97 Å². The summed E-state index contributed by atoms with van der Waals surface area (Å²) in [7, 11) is 0. The minimum absolute atomic E-state index is 0.0644. The first-order valence-electron chi connectivity index (χ1n) is 5.27. The number of aromatic nitrogens is 1. The number of nitrogens with zero attached hydrogens (tertiary/aromatic N) is 1. The molecule has 0 radical (unpaired) electrons. The number of pyridine rings is 1. The van der Waals surface area contributed by atoms with E-state index in [0.717, 1.165) is 0 Å². The molecule has 2 rings (SSSR count). The number of hydrogen-bond acceptors (Lipinski definition) is 4. The maximum atomic E-state index is 11.8. The number of ether oxygens (including phenoxy) is 2. The van der Waals surface area contributed by atoms with Crippen LogP contribution < -0.4 is 0 Å². The number of halogens is 2. The van der Waals surface area contributed by atoms with E-state index in [1.807, 2.05) is 0 Å². The van der Waals surface area contributed by atoms with Gasteiger partial charge in [0.05, 0.1) is 18.8 Å². The van der Waals surface area contributed by atoms with Gasteiger partial charge in [-0.05, 0) is 12.1 Å². The second kappa shape index (κ2) is 5.67. The van der Waals surface area contributed by atoms with E-state index in [1.54, 1.807) is 0 Å². The summed E-state index contributed by atoms with van der Waals surface area (Å²) >= 11 is 11.5. The summed E-state index contributed by atoms with van der Waals surface area (Å²) in [6.07, 6.45) is 1.32. The standard InChI is InChI=1S/C11H11Cl2NO3/c12-9-2-1-8(10(13)14-9)11(15)17-7-3-5-16-6-4-7/h1-2,7H,3-6H2. The molecule has 2 heterocycles. The predicted octanol–water partition coefficient (Wildman–Crippen LogP) is 2.72. The van der Waals surface area contributed by atoms with Crippen molar-refractivity contribution in [3.8, 4) is 0 Å². The largest absolute Gasteiger partial charge is 0.459 e. The van der Waals surface area contributed by atoms with Gasteiger partial charge in [0.1, 0.15) is 16.4 Å². The molecular weight excluding hydrogens is 265 g/mol. The number of rotatable bonds is 2. The molecule has 1 aliphatic rings. The van der Waals surface area contributed by atoms with Gasteiger partial charge < -0.3 is 9.47 Å². The third-order valence-corrected chi connectivity index (χ3v) is 2.98. The van der Waals surface area contributed by atoms with Gasteiger partial charge in [-0.3, -0.25) is 0 Å². The van der Waals surface area contributed by atoms with Crippen molar-refractivity contribution in [3.63, 3.8) is 0 Å². The van der Waals surface area contributed by atoms with Crippen molar-refractivity contribution >= 4 is 29.2 Å². The van der Waals surface area contributed by atoms with Gasteiger partial charge in [-0.25, -0.2) is 9.78 Å². The highest BCUT2D eigenvalue weighted by molar-refractivity contribution is 6.34. The fourth-order valence-corrected chi connectivity index (χ4v) is 2.00. The van der Waals surface area contributed by atoms with Crippen LogP contribution >= 0.6 is 23.2 Å². The van der Waals surface area contributed by atoms with Crippen LogP contribution in [-0.4, -0.2) is 30.3 Å². The summed E-state index contributed by atoms with van der Waals surface area (Å²) in [5, 5.41) is 0.312. The Morgan fingerprint density at radius 3 is 2.71 bits per heavy atom. The highest BCUT2D eigenvalue weighted by atomic mass is 35.5. The minimum atomic E-state index is -0.467. The molecule has 0 saturated carbocycles. The van der Waals surface area contributed by atoms with Gasteiger partial charge in [-0.2, -0.15) is 0 Å². The Balaban J connectivity index is 2.03. The van der Waals surface area contributed by atoms with E-state index >= 15 is 0 Å². The van der Waals surface area contributed by atoms with Gasteiger partial charge in [-0.1, -0.05) is 23.2 Å². The molecule has 92 valence electrons. The number of hydrogen-bond donors (Lipinski definition) is 0. The fourth-order valence-electron chi connectivity index (χ4n) is 1.57. The number of carbonyl (C=O) groups excluding carboxylic acids is 1. The van der Waals surface area contributed by atoms with Crippen molar-refractivity contribution < 1.29 is 14.3 Å². The smallest absolute Gasteiger partial charge is 0.341 e. The average molecular weight is 276 g/mol. The van der Waals surface area contributed by atoms with Gasteiger partial charge in [0.15, 0.2) is 0 Å². The monoisotopic (exact) mass is 275 g/mol. The van der Waals surface area contributed by atoms with Crippen LogP contribution in [-0.2, 0) is 9.47 Å². The SMILES string of the molecule is O=C(OC1CCOCC1)c1ccc(Cl)nc1Cl. The molecule has 0 unspecified atom stereocenters. The zero-order valence-corrected chi connectivity index (χ0v) is 10.5. The van der Waals surface area contributed by atoms with Crippen molar-refractivity contribution in [2.24, 2.45) is 0 Å². The van der Waals surface area contributed by atoms with Gasteiger partial charge in [-0.15, -0.1) is 0 Å². The third-order valence-electron chi connectivity index (χ3n) is 2.48. The zero-order chi connectivity index (χ0) is 12.3. The molecule has 1 aromatic rings. The minimum Gasteiger partial charge on any atom is -0.459 e. The highest BCUT2D eigenvalue weighted by Gasteiger charge is 2.21. The summed E-state index contributed by atoms with van der Waals surface area (Å²) < 4.78 is 10.5. The number of carbonyl (C=O) groups is 1. The molecular formula is C11H11Cl2NO3. The van der Waals surface area contributed by atoms with Crippen LogP contribution in [0.3, 0.4) is 0 Å². The molecule has 0 atom stereocenters. The Morgan fingerprint density at radius 2 is 2.06 bits per heavy atom. The van der Waals surface area contributed by atoms with E-state index in [2.05, 4.69) is 4.98 Å². The van der Waals surface area contributed by atoms with E-state index < -0.39 is 5.97 Å². The first-order valence-corrected chi connectivity index (χ1v) is 6.03. The highest BCUT2D eigenvalue weighted by Crippen LogP contribution is 2.20. The first-order chi connectivity index (χ1) is 8.16. The maximum Gasteiger partial charge on any atom is 0.341 e. The lowest BCUT2D eigenvalue weighted by Gasteiger charge is -2.22. The second-order valence-corrected chi connectivity index (χ2v) is 4.43. The molecule has 1 aromatic heterocycles. The predicted molar refractivity (Wildman–Crippen MR) is 63.5 cm³/mol. The average Bonchev–Trinajstić information content (AvgIpc) is 2.30. The lowest BCUT2D eigenvalue weighted by molar-refractivity contribution is -0.0159. The molecule has 0 aromatic carbocycles. The van der Waals surface area contributed by atoms with E-state index in [4.69, 9.17) is 32.7 Å². The second-order valence-electron chi connectivity index (χ2n) is 3.69. The van der Waals surface area contributed by atoms with Crippen LogP contribution in [0, 0.1) is 0 Å². The van der Waals surface area contributed by atoms with Crippen molar-refractivity contribution in [1.82, 2.24) is 4.98 Å². The summed E-state index contributed by atoms with van der Waals surface area (Å²) in [5.41, 5.74) is 0.238. The molecule has 1 saturated heterocycles. The van der Waals surface area contributed by atoms with Crippen LogP contribution in [0.2, 0.25) is 10.3 Å². The zero-order valence-electron chi connectivity index (χ0n) is 8.99. The van der Waals surface area contributed by atoms with Crippen molar-refractivity contribution in [2.45, 2.75) is 18.9 Å². The van der Waals surface area contributed by atoms with Crippen LogP contribution in [0.1, 0.15) is 23.2 Å². The van der Waals surface area contributed by atoms with Crippen LogP contribution in [0.4, 0.5) is 0 Å². The Hall–Kier alpha value is -0.840. The van der Waals surface area contributed by atoms with Crippen molar-refractivity contribution in [1.29, 1.82) is 0 Å². The van der Waals surface area contributed by atoms with E-state index in [9.17, 15) is 4.79 Å². The third kappa shape index (κ3) is 3.31. The molecule has 1 fully saturated rings. The van der Waals surface area contributed by atoms with Crippen LogP contribution in [0.15, 0.2) is 12.1 Å². The summed E-state index contributed by atoms with van der Waals surface area (Å²) in [5.74, 6) is -0.467. The molecule has 0 aliphatic carbocycles. The Bertz CT molecular complexity index is 419. The molecule has 0 amide bonds. The lowest BCUT2D eigenvalue weighted by Crippen LogP contribution is -2.26. The Labute approximate surface area is 109 Å². The van der Waals surface area contributed by atoms with E-state index in [-0.39, 0.29) is 22.0 Å². The van der Waals surface area contributed by atoms with Crippen LogP contribution in [0.25, 0.3) is 0 Å². The van der Waals surface area contributed by atoms with Gasteiger partial charge in [0, 0.05) is 12.8 Å². The topological polar surface area (TPSA) is 48.4 Å². The molecule has 0 spiro atoms. The summed E-state index contributed by atoms with van der Waals surface area (Å²) in [4.78, 5) is 15.6. The van der Waals surface area contributed by atoms with E-state index in [1.165, 1.54) is 12.1 Å². The van der Waals surface area contributed by atoms with Crippen molar-refractivity contribution in [2.75, 3.05) is 13.2 Å². The maximum absolute atomic E-state index is 11.8. The van der Waals surface area contributed by atoms with Crippen molar-refractivity contribution in [3.05, 3.63) is 28.0 Å². The summed E-state index contributed by atoms with van der Waals surface area (Å²) in [6.45, 7) is 1.23.